The maximum absolute atomic E-state index is 12.3. The zero-order chi connectivity index (χ0) is 15.9. The fourth-order valence-electron chi connectivity index (χ4n) is 2.09. The van der Waals surface area contributed by atoms with Gasteiger partial charge in [-0.25, -0.2) is 4.98 Å². The summed E-state index contributed by atoms with van der Waals surface area (Å²) in [6, 6.07) is 8.83. The molecule has 1 aromatic heterocycles. The number of hydrogen-bond donors (Lipinski definition) is 1. The van der Waals surface area contributed by atoms with Gasteiger partial charge in [-0.1, -0.05) is 34.5 Å². The van der Waals surface area contributed by atoms with Crippen LogP contribution >= 0.6 is 34.5 Å². The first-order valence-electron chi connectivity index (χ1n) is 6.57. The zero-order valence-electron chi connectivity index (χ0n) is 11.9. The molecule has 0 spiro atoms. The summed E-state index contributed by atoms with van der Waals surface area (Å²) >= 11 is 13.3. The van der Waals surface area contributed by atoms with E-state index < -0.39 is 0 Å². The van der Waals surface area contributed by atoms with Gasteiger partial charge in [-0.2, -0.15) is 0 Å². The van der Waals surface area contributed by atoms with E-state index in [-0.39, 0.29) is 5.91 Å². The first kappa shape index (κ1) is 15.3. The zero-order valence-corrected chi connectivity index (χ0v) is 14.2. The molecule has 0 saturated carbocycles. The number of carbonyl (C=O) groups excluding carboxylic acids is 1. The van der Waals surface area contributed by atoms with E-state index in [0.29, 0.717) is 20.7 Å². The van der Waals surface area contributed by atoms with E-state index >= 15 is 0 Å². The van der Waals surface area contributed by atoms with Crippen LogP contribution < -0.4 is 5.32 Å². The molecule has 0 saturated heterocycles. The number of thiazole rings is 1. The van der Waals surface area contributed by atoms with Crippen molar-refractivity contribution in [2.75, 3.05) is 5.32 Å². The highest BCUT2D eigenvalue weighted by Crippen LogP contribution is 2.29. The molecule has 6 heteroatoms. The van der Waals surface area contributed by atoms with Gasteiger partial charge in [-0.05, 0) is 55.3 Å². The molecule has 2 aromatic carbocycles. The molecule has 0 unspecified atom stereocenters. The van der Waals surface area contributed by atoms with Gasteiger partial charge in [0.15, 0.2) is 5.13 Å². The molecule has 22 heavy (non-hydrogen) atoms. The highest BCUT2D eigenvalue weighted by Gasteiger charge is 2.12. The summed E-state index contributed by atoms with van der Waals surface area (Å²) in [6.07, 6.45) is 0. The SMILES string of the molecule is Cc1cc2nc(NC(=O)c3cc(Cl)cc(Cl)c3)sc2cc1C. The van der Waals surface area contributed by atoms with Crippen LogP contribution in [0, 0.1) is 13.8 Å². The average Bonchev–Trinajstić information content (AvgIpc) is 2.79. The lowest BCUT2D eigenvalue weighted by Gasteiger charge is -2.02. The number of fused-ring (bicyclic) bond motifs is 1. The summed E-state index contributed by atoms with van der Waals surface area (Å²) in [7, 11) is 0. The lowest BCUT2D eigenvalue weighted by molar-refractivity contribution is 0.102. The maximum Gasteiger partial charge on any atom is 0.257 e. The summed E-state index contributed by atoms with van der Waals surface area (Å²) in [6.45, 7) is 4.10. The number of amides is 1. The molecule has 0 aliphatic heterocycles. The van der Waals surface area contributed by atoms with Gasteiger partial charge >= 0.3 is 0 Å². The number of hydrogen-bond acceptors (Lipinski definition) is 3. The Bertz CT molecular complexity index is 830. The fourth-order valence-corrected chi connectivity index (χ4v) is 3.55. The molecular formula is C16H12Cl2N2OS. The number of anilines is 1. The lowest BCUT2D eigenvalue weighted by atomic mass is 10.1. The first-order chi connectivity index (χ1) is 10.4. The van der Waals surface area contributed by atoms with Crippen LogP contribution in [0.25, 0.3) is 10.2 Å². The van der Waals surface area contributed by atoms with Gasteiger partial charge in [-0.15, -0.1) is 0 Å². The van der Waals surface area contributed by atoms with Crippen LogP contribution in [-0.4, -0.2) is 10.9 Å². The largest absolute Gasteiger partial charge is 0.298 e. The Balaban J connectivity index is 1.90. The van der Waals surface area contributed by atoms with Crippen molar-refractivity contribution in [3.05, 3.63) is 57.1 Å². The third kappa shape index (κ3) is 3.09. The number of benzene rings is 2. The van der Waals surface area contributed by atoms with Crippen LogP contribution in [0.5, 0.6) is 0 Å². The van der Waals surface area contributed by atoms with E-state index in [9.17, 15) is 4.79 Å². The fraction of sp³-hybridized carbons (Fsp3) is 0.125. The van der Waals surface area contributed by atoms with Gasteiger partial charge < -0.3 is 0 Å². The molecule has 0 aliphatic carbocycles. The molecule has 1 heterocycles. The van der Waals surface area contributed by atoms with Gasteiger partial charge in [0.25, 0.3) is 5.91 Å². The summed E-state index contributed by atoms with van der Waals surface area (Å²) in [4.78, 5) is 16.7. The second-order valence-electron chi connectivity index (χ2n) is 5.04. The lowest BCUT2D eigenvalue weighted by Crippen LogP contribution is -2.11. The van der Waals surface area contributed by atoms with Crippen LogP contribution in [0.2, 0.25) is 10.0 Å². The number of nitrogens with zero attached hydrogens (tertiary/aromatic N) is 1. The molecule has 0 aliphatic rings. The number of halogens is 2. The first-order valence-corrected chi connectivity index (χ1v) is 8.15. The summed E-state index contributed by atoms with van der Waals surface area (Å²) < 4.78 is 1.04. The van der Waals surface area contributed by atoms with Gasteiger partial charge in [0.05, 0.1) is 10.2 Å². The van der Waals surface area contributed by atoms with Gasteiger partial charge in [0.2, 0.25) is 0 Å². The van der Waals surface area contributed by atoms with Crippen molar-refractivity contribution in [2.45, 2.75) is 13.8 Å². The summed E-state index contributed by atoms with van der Waals surface area (Å²) in [5.74, 6) is -0.281. The highest BCUT2D eigenvalue weighted by atomic mass is 35.5. The minimum atomic E-state index is -0.281. The highest BCUT2D eigenvalue weighted by molar-refractivity contribution is 7.22. The molecular weight excluding hydrogens is 339 g/mol. The molecule has 3 rings (SSSR count). The molecule has 0 radical (unpaired) electrons. The minimum absolute atomic E-state index is 0.281. The van der Waals surface area contributed by atoms with E-state index in [1.54, 1.807) is 18.2 Å². The second-order valence-corrected chi connectivity index (χ2v) is 6.94. The van der Waals surface area contributed by atoms with Crippen LogP contribution in [0.3, 0.4) is 0 Å². The topological polar surface area (TPSA) is 42.0 Å². The molecule has 0 fully saturated rings. The minimum Gasteiger partial charge on any atom is -0.298 e. The smallest absolute Gasteiger partial charge is 0.257 e. The second kappa shape index (κ2) is 5.88. The monoisotopic (exact) mass is 350 g/mol. The molecule has 0 bridgehead atoms. The third-order valence-electron chi connectivity index (χ3n) is 3.35. The van der Waals surface area contributed by atoms with Crippen molar-refractivity contribution in [2.24, 2.45) is 0 Å². The van der Waals surface area contributed by atoms with Crippen molar-refractivity contribution >= 4 is 55.8 Å². The van der Waals surface area contributed by atoms with E-state index in [1.165, 1.54) is 22.5 Å². The number of rotatable bonds is 2. The molecule has 3 aromatic rings. The van der Waals surface area contributed by atoms with Crippen molar-refractivity contribution in [3.63, 3.8) is 0 Å². The number of aryl methyl sites for hydroxylation is 2. The number of aromatic nitrogens is 1. The van der Waals surface area contributed by atoms with E-state index in [2.05, 4.69) is 23.3 Å². The summed E-state index contributed by atoms with van der Waals surface area (Å²) in [5.41, 5.74) is 3.67. The average molecular weight is 351 g/mol. The van der Waals surface area contributed by atoms with Gasteiger partial charge in [0.1, 0.15) is 0 Å². The van der Waals surface area contributed by atoms with Crippen molar-refractivity contribution in [1.82, 2.24) is 4.98 Å². The maximum atomic E-state index is 12.3. The van der Waals surface area contributed by atoms with E-state index in [1.807, 2.05) is 13.0 Å². The molecule has 3 nitrogen and oxygen atoms in total. The summed E-state index contributed by atoms with van der Waals surface area (Å²) in [5, 5.41) is 4.20. The normalized spacial score (nSPS) is 10.9. The molecule has 0 atom stereocenters. The Morgan fingerprint density at radius 3 is 2.36 bits per heavy atom. The quantitative estimate of drug-likeness (QED) is 0.665. The predicted molar refractivity (Wildman–Crippen MR) is 93.5 cm³/mol. The van der Waals surface area contributed by atoms with Crippen LogP contribution in [0.1, 0.15) is 21.5 Å². The third-order valence-corrected chi connectivity index (χ3v) is 4.72. The van der Waals surface area contributed by atoms with E-state index in [0.717, 1.165) is 10.2 Å². The van der Waals surface area contributed by atoms with E-state index in [4.69, 9.17) is 23.2 Å². The molecule has 1 N–H and O–H groups in total. The van der Waals surface area contributed by atoms with Crippen molar-refractivity contribution in [3.8, 4) is 0 Å². The van der Waals surface area contributed by atoms with Crippen LogP contribution in [0.4, 0.5) is 5.13 Å². The van der Waals surface area contributed by atoms with Crippen molar-refractivity contribution in [1.29, 1.82) is 0 Å². The van der Waals surface area contributed by atoms with Gasteiger partial charge in [0, 0.05) is 15.6 Å². The Morgan fingerprint density at radius 1 is 1.05 bits per heavy atom. The van der Waals surface area contributed by atoms with Gasteiger partial charge in [-0.3, -0.25) is 10.1 Å². The van der Waals surface area contributed by atoms with Crippen molar-refractivity contribution < 1.29 is 4.79 Å². The predicted octanol–water partition coefficient (Wildman–Crippen LogP) is 5.47. The number of carbonyl (C=O) groups is 1. The Labute approximate surface area is 141 Å². The molecule has 112 valence electrons. The Morgan fingerprint density at radius 2 is 1.68 bits per heavy atom. The standard InChI is InChI=1S/C16H12Cl2N2OS/c1-8-3-13-14(4-9(8)2)22-16(19-13)20-15(21)10-5-11(17)7-12(18)6-10/h3-7H,1-2H3,(H,19,20,21). The van der Waals surface area contributed by atoms with Crippen LogP contribution in [0.15, 0.2) is 30.3 Å². The van der Waals surface area contributed by atoms with Crippen LogP contribution in [-0.2, 0) is 0 Å². The Kier molecular flexibility index (Phi) is 4.08. The Hall–Kier alpha value is -1.62. The molecule has 1 amide bonds. The number of nitrogens with one attached hydrogen (secondary N) is 1.